The minimum absolute atomic E-state index is 0.294. The molecule has 0 aliphatic carbocycles. The first-order chi connectivity index (χ1) is 19.1. The maximum absolute atomic E-state index is 12.8. The van der Waals surface area contributed by atoms with Crippen molar-refractivity contribution in [2.24, 2.45) is 5.92 Å². The molecule has 2 saturated heterocycles. The molecule has 1 aromatic heterocycles. The summed E-state index contributed by atoms with van der Waals surface area (Å²) < 4.78 is 0. The third-order valence-corrected chi connectivity index (χ3v) is 8.93. The number of nitriles is 1. The summed E-state index contributed by atoms with van der Waals surface area (Å²) in [5.41, 5.74) is 5.24. The first-order valence-electron chi connectivity index (χ1n) is 15.0. The third-order valence-electron chi connectivity index (χ3n) is 8.93. The molecule has 2 aliphatic rings. The van der Waals surface area contributed by atoms with Crippen molar-refractivity contribution in [3.05, 3.63) is 65.4 Å². The molecular weight excluding hydrogens is 482 g/mol. The van der Waals surface area contributed by atoms with Crippen LogP contribution in [0.4, 0.5) is 5.69 Å². The number of piperazine rings is 1. The van der Waals surface area contributed by atoms with Crippen LogP contribution >= 0.6 is 0 Å². The normalized spacial score (nSPS) is 17.5. The van der Waals surface area contributed by atoms with E-state index in [4.69, 9.17) is 0 Å². The molecule has 6 heteroatoms. The average Bonchev–Trinajstić information content (AvgIpc) is 3.40. The highest BCUT2D eigenvalue weighted by atomic mass is 16.1. The van der Waals surface area contributed by atoms with E-state index in [9.17, 15) is 10.1 Å². The monoisotopic (exact) mass is 525 g/mol. The van der Waals surface area contributed by atoms with Crippen molar-refractivity contribution in [3.8, 4) is 6.07 Å². The molecule has 0 spiro atoms. The van der Waals surface area contributed by atoms with Crippen LogP contribution in [-0.4, -0.2) is 72.9 Å². The van der Waals surface area contributed by atoms with Crippen molar-refractivity contribution in [2.75, 3.05) is 57.3 Å². The minimum Gasteiger partial charge on any atom is -0.369 e. The first kappa shape index (κ1) is 27.4. The predicted molar refractivity (Wildman–Crippen MR) is 159 cm³/mol. The maximum Gasteiger partial charge on any atom is 0.162 e. The van der Waals surface area contributed by atoms with Crippen LogP contribution in [0.5, 0.6) is 0 Å². The van der Waals surface area contributed by atoms with Crippen molar-refractivity contribution in [1.82, 2.24) is 14.8 Å². The molecule has 5 rings (SSSR count). The number of aromatic amines is 1. The zero-order valence-electron chi connectivity index (χ0n) is 23.5. The van der Waals surface area contributed by atoms with Gasteiger partial charge in [0.25, 0.3) is 0 Å². The number of aromatic nitrogens is 1. The summed E-state index contributed by atoms with van der Waals surface area (Å²) in [5, 5.41) is 10.4. The van der Waals surface area contributed by atoms with E-state index >= 15 is 0 Å². The van der Waals surface area contributed by atoms with E-state index in [1.54, 1.807) is 0 Å². The Morgan fingerprint density at radius 2 is 1.74 bits per heavy atom. The van der Waals surface area contributed by atoms with E-state index in [2.05, 4.69) is 51.0 Å². The van der Waals surface area contributed by atoms with Gasteiger partial charge in [-0.15, -0.1) is 0 Å². The highest BCUT2D eigenvalue weighted by Crippen LogP contribution is 2.24. The zero-order valence-corrected chi connectivity index (χ0v) is 23.5. The Labute approximate surface area is 233 Å². The molecule has 0 saturated carbocycles. The number of benzene rings is 2. The molecule has 39 heavy (non-hydrogen) atoms. The Kier molecular flexibility index (Phi) is 9.34. The van der Waals surface area contributed by atoms with E-state index in [1.807, 2.05) is 30.3 Å². The molecule has 6 nitrogen and oxygen atoms in total. The largest absolute Gasteiger partial charge is 0.369 e. The van der Waals surface area contributed by atoms with Crippen LogP contribution in [0.25, 0.3) is 10.9 Å². The summed E-state index contributed by atoms with van der Waals surface area (Å²) >= 11 is 0. The number of aryl methyl sites for hydroxylation is 1. The first-order valence-corrected chi connectivity index (χ1v) is 15.0. The van der Waals surface area contributed by atoms with Gasteiger partial charge < -0.3 is 14.8 Å². The van der Waals surface area contributed by atoms with E-state index in [0.717, 1.165) is 75.2 Å². The Hall–Kier alpha value is -3.14. The number of likely N-dealkylation sites (tertiary alicyclic amines) is 1. The molecule has 206 valence electrons. The van der Waals surface area contributed by atoms with Gasteiger partial charge in [0, 0.05) is 61.0 Å². The Morgan fingerprint density at radius 3 is 2.46 bits per heavy atom. The topological polar surface area (TPSA) is 66.4 Å². The van der Waals surface area contributed by atoms with Crippen molar-refractivity contribution >= 4 is 22.4 Å². The minimum atomic E-state index is 0.294. The van der Waals surface area contributed by atoms with Crippen LogP contribution in [0.15, 0.2) is 48.7 Å². The molecule has 3 aromatic rings. The number of Topliss-reactive ketones (excluding diaryl/α,β-unsaturated/α-hetero) is 1. The lowest BCUT2D eigenvalue weighted by Gasteiger charge is -2.36. The van der Waals surface area contributed by atoms with Gasteiger partial charge in [0.15, 0.2) is 5.78 Å². The SMILES string of the molecule is CCN1CCC(CCC(=O)c2ccc(N3CCN(CCCCc4c[nH]c5ccc(C#N)cc45)CC3)cc2)CC1. The number of hydrogen-bond donors (Lipinski definition) is 1. The lowest BCUT2D eigenvalue weighted by molar-refractivity contribution is 0.0963. The van der Waals surface area contributed by atoms with Crippen LogP contribution in [0.2, 0.25) is 0 Å². The van der Waals surface area contributed by atoms with E-state index in [0.29, 0.717) is 18.1 Å². The molecule has 3 heterocycles. The Bertz CT molecular complexity index is 1260. The van der Waals surface area contributed by atoms with Crippen LogP contribution in [-0.2, 0) is 6.42 Å². The zero-order chi connectivity index (χ0) is 27.0. The lowest BCUT2D eigenvalue weighted by atomic mass is 9.90. The van der Waals surface area contributed by atoms with Gasteiger partial charge in [-0.1, -0.05) is 6.92 Å². The van der Waals surface area contributed by atoms with Crippen molar-refractivity contribution in [1.29, 1.82) is 5.26 Å². The van der Waals surface area contributed by atoms with Crippen molar-refractivity contribution < 1.29 is 4.79 Å². The van der Waals surface area contributed by atoms with Crippen LogP contribution in [0.1, 0.15) is 66.9 Å². The summed E-state index contributed by atoms with van der Waals surface area (Å²) in [7, 11) is 0. The standard InChI is InChI=1S/C33H43N5O/c1-2-36-17-14-26(15-18-36)7-13-33(39)28-8-10-30(11-9-28)38-21-19-37(20-22-38)16-4-3-5-29-25-35-32-12-6-27(24-34)23-31(29)32/h6,8-12,23,25-26,35H,2-5,7,13-22H2,1H3. The summed E-state index contributed by atoms with van der Waals surface area (Å²) in [6.45, 7) is 11.1. The van der Waals surface area contributed by atoms with E-state index in [-0.39, 0.29) is 0 Å². The summed E-state index contributed by atoms with van der Waals surface area (Å²) in [4.78, 5) is 23.7. The number of piperidine rings is 1. The molecule has 1 N–H and O–H groups in total. The highest BCUT2D eigenvalue weighted by molar-refractivity contribution is 5.96. The van der Waals surface area contributed by atoms with Crippen LogP contribution in [0, 0.1) is 17.2 Å². The number of anilines is 1. The Balaban J connectivity index is 1.00. The molecule has 0 bridgehead atoms. The smallest absolute Gasteiger partial charge is 0.162 e. The summed E-state index contributed by atoms with van der Waals surface area (Å²) in [6.07, 6.45) is 9.65. The van der Waals surface area contributed by atoms with Gasteiger partial charge in [0.1, 0.15) is 0 Å². The second-order valence-corrected chi connectivity index (χ2v) is 11.4. The number of hydrogen-bond acceptors (Lipinski definition) is 5. The fourth-order valence-corrected chi connectivity index (χ4v) is 6.26. The number of rotatable bonds is 11. The van der Waals surface area contributed by atoms with Crippen molar-refractivity contribution in [3.63, 3.8) is 0 Å². The summed E-state index contributed by atoms with van der Waals surface area (Å²) in [5.74, 6) is 1.00. The van der Waals surface area contributed by atoms with E-state index < -0.39 is 0 Å². The molecule has 0 atom stereocenters. The number of ketones is 1. The van der Waals surface area contributed by atoms with Crippen LogP contribution < -0.4 is 4.90 Å². The van der Waals surface area contributed by atoms with Gasteiger partial charge >= 0.3 is 0 Å². The van der Waals surface area contributed by atoms with Gasteiger partial charge in [-0.05, 0) is 119 Å². The van der Waals surface area contributed by atoms with Gasteiger partial charge in [-0.25, -0.2) is 0 Å². The molecule has 2 aliphatic heterocycles. The molecule has 0 radical (unpaired) electrons. The number of nitrogens with one attached hydrogen (secondary N) is 1. The summed E-state index contributed by atoms with van der Waals surface area (Å²) in [6, 6.07) is 16.5. The second kappa shape index (κ2) is 13.3. The average molecular weight is 526 g/mol. The highest BCUT2D eigenvalue weighted by Gasteiger charge is 2.20. The van der Waals surface area contributed by atoms with Gasteiger partial charge in [0.05, 0.1) is 11.6 Å². The van der Waals surface area contributed by atoms with Crippen LogP contribution in [0.3, 0.4) is 0 Å². The number of nitrogens with zero attached hydrogens (tertiary/aromatic N) is 4. The molecular formula is C33H43N5O. The fourth-order valence-electron chi connectivity index (χ4n) is 6.26. The van der Waals surface area contributed by atoms with E-state index in [1.165, 1.54) is 49.0 Å². The molecule has 0 amide bonds. The number of unbranched alkanes of at least 4 members (excludes halogenated alkanes) is 1. The number of carbonyl (C=O) groups is 1. The van der Waals surface area contributed by atoms with Gasteiger partial charge in [-0.3, -0.25) is 9.69 Å². The number of H-pyrrole nitrogens is 1. The third kappa shape index (κ3) is 7.09. The number of carbonyl (C=O) groups excluding carboxylic acids is 1. The lowest BCUT2D eigenvalue weighted by Crippen LogP contribution is -2.46. The quantitative estimate of drug-likeness (QED) is 0.250. The maximum atomic E-state index is 12.8. The Morgan fingerprint density at radius 1 is 0.974 bits per heavy atom. The van der Waals surface area contributed by atoms with Crippen molar-refractivity contribution in [2.45, 2.75) is 51.9 Å². The molecule has 0 unspecified atom stereocenters. The predicted octanol–water partition coefficient (Wildman–Crippen LogP) is 5.88. The second-order valence-electron chi connectivity index (χ2n) is 11.4. The molecule has 2 aromatic carbocycles. The van der Waals surface area contributed by atoms with Gasteiger partial charge in [-0.2, -0.15) is 5.26 Å². The van der Waals surface area contributed by atoms with Gasteiger partial charge in [0.2, 0.25) is 0 Å². The number of fused-ring (bicyclic) bond motifs is 1. The fraction of sp³-hybridized carbons (Fsp3) is 0.515. The molecule has 2 fully saturated rings.